The molecule has 1 aromatic carbocycles. The number of rotatable bonds is 5. The molecule has 0 aliphatic carbocycles. The van der Waals surface area contributed by atoms with E-state index in [9.17, 15) is 14.0 Å². The topological polar surface area (TPSA) is 102 Å². The van der Waals surface area contributed by atoms with E-state index in [0.717, 1.165) is 5.56 Å². The largest absolute Gasteiger partial charge is 0.476 e. The highest BCUT2D eigenvalue weighted by Crippen LogP contribution is 2.13. The van der Waals surface area contributed by atoms with E-state index in [1.807, 2.05) is 0 Å². The van der Waals surface area contributed by atoms with E-state index in [0.29, 0.717) is 12.2 Å². The Hall–Kier alpha value is -3.49. The number of carbonyl (C=O) groups excluding carboxylic acids is 1. The lowest BCUT2D eigenvalue weighted by atomic mass is 10.2. The molecule has 0 aliphatic rings. The van der Waals surface area contributed by atoms with Crippen LogP contribution in [0.1, 0.15) is 26.4 Å². The van der Waals surface area contributed by atoms with Crippen LogP contribution in [-0.4, -0.2) is 36.5 Å². The number of nitrogens with zero attached hydrogens (tertiary/aromatic N) is 4. The van der Waals surface area contributed by atoms with E-state index < -0.39 is 11.9 Å². The number of aromatic carboxylic acids is 1. The zero-order valence-corrected chi connectivity index (χ0v) is 13.2. The van der Waals surface area contributed by atoms with Crippen molar-refractivity contribution < 1.29 is 19.1 Å². The van der Waals surface area contributed by atoms with Crippen LogP contribution in [0.2, 0.25) is 0 Å². The molecule has 0 saturated heterocycles. The minimum atomic E-state index is -1.28. The first-order chi connectivity index (χ1) is 11.9. The quantitative estimate of drug-likeness (QED) is 0.735. The third-order valence-corrected chi connectivity index (χ3v) is 3.40. The number of nitrogens with one attached hydrogen (secondary N) is 1. The fraction of sp³-hybridized carbons (Fsp3) is 0.125. The summed E-state index contributed by atoms with van der Waals surface area (Å²) in [6.07, 6.45) is 4.32. The molecule has 2 N–H and O–H groups in total. The van der Waals surface area contributed by atoms with Gasteiger partial charge < -0.3 is 10.4 Å². The van der Waals surface area contributed by atoms with Crippen molar-refractivity contribution in [2.75, 3.05) is 5.32 Å². The van der Waals surface area contributed by atoms with Gasteiger partial charge in [-0.15, -0.1) is 0 Å². The lowest BCUT2D eigenvalue weighted by molar-refractivity contribution is 0.0685. The van der Waals surface area contributed by atoms with E-state index in [4.69, 9.17) is 5.11 Å². The molecule has 0 radical (unpaired) electrons. The number of carboxylic acids is 1. The van der Waals surface area contributed by atoms with Gasteiger partial charge in [0.1, 0.15) is 5.82 Å². The van der Waals surface area contributed by atoms with Gasteiger partial charge in [-0.3, -0.25) is 14.2 Å². The lowest BCUT2D eigenvalue weighted by Gasteiger charge is -2.02. The first kappa shape index (κ1) is 16.4. The summed E-state index contributed by atoms with van der Waals surface area (Å²) in [6.45, 7) is 0.334. The summed E-state index contributed by atoms with van der Waals surface area (Å²) >= 11 is 0. The Morgan fingerprint density at radius 2 is 2.12 bits per heavy atom. The molecule has 128 valence electrons. The molecule has 0 saturated carbocycles. The maximum atomic E-state index is 13.2. The van der Waals surface area contributed by atoms with Crippen LogP contribution in [0.15, 0.2) is 42.9 Å². The van der Waals surface area contributed by atoms with E-state index in [1.165, 1.54) is 40.9 Å². The summed E-state index contributed by atoms with van der Waals surface area (Å²) in [6, 6.07) is 6.12. The molecule has 1 amide bonds. The van der Waals surface area contributed by atoms with Crippen molar-refractivity contribution in [2.24, 2.45) is 7.05 Å². The summed E-state index contributed by atoms with van der Waals surface area (Å²) in [5.41, 5.74) is 0.739. The van der Waals surface area contributed by atoms with E-state index in [-0.39, 0.29) is 17.1 Å². The van der Waals surface area contributed by atoms with Gasteiger partial charge in [0.2, 0.25) is 0 Å². The molecular formula is C16H14FN5O3. The van der Waals surface area contributed by atoms with Gasteiger partial charge in [0, 0.05) is 19.4 Å². The second kappa shape index (κ2) is 6.56. The predicted octanol–water partition coefficient (Wildman–Crippen LogP) is 1.75. The molecule has 0 bridgehead atoms. The van der Waals surface area contributed by atoms with Gasteiger partial charge >= 0.3 is 5.97 Å². The van der Waals surface area contributed by atoms with E-state index >= 15 is 0 Å². The highest BCUT2D eigenvalue weighted by molar-refractivity contribution is 6.09. The molecule has 2 aromatic heterocycles. The first-order valence-electron chi connectivity index (χ1n) is 7.27. The fourth-order valence-electron chi connectivity index (χ4n) is 2.35. The molecular weight excluding hydrogens is 329 g/mol. The lowest BCUT2D eigenvalue weighted by Crippen LogP contribution is -2.15. The third-order valence-electron chi connectivity index (χ3n) is 3.40. The maximum Gasteiger partial charge on any atom is 0.357 e. The van der Waals surface area contributed by atoms with Crippen molar-refractivity contribution in [1.29, 1.82) is 0 Å². The number of aryl methyl sites for hydroxylation is 1. The second-order valence-electron chi connectivity index (χ2n) is 5.38. The molecule has 2 heterocycles. The Bertz CT molecular complexity index is 947. The van der Waals surface area contributed by atoms with E-state index in [2.05, 4.69) is 15.5 Å². The number of amides is 1. The summed E-state index contributed by atoms with van der Waals surface area (Å²) < 4.78 is 16.0. The Balaban J connectivity index is 1.73. The Morgan fingerprint density at radius 1 is 1.32 bits per heavy atom. The van der Waals surface area contributed by atoms with Crippen LogP contribution in [-0.2, 0) is 13.6 Å². The van der Waals surface area contributed by atoms with Crippen LogP contribution >= 0.6 is 0 Å². The highest BCUT2D eigenvalue weighted by Gasteiger charge is 2.21. The number of carbonyl (C=O) groups is 2. The van der Waals surface area contributed by atoms with Crippen molar-refractivity contribution in [3.05, 3.63) is 65.5 Å². The third kappa shape index (κ3) is 3.71. The number of halogens is 1. The highest BCUT2D eigenvalue weighted by atomic mass is 19.1. The van der Waals surface area contributed by atoms with Crippen LogP contribution in [0.25, 0.3) is 0 Å². The predicted molar refractivity (Wildman–Crippen MR) is 85.8 cm³/mol. The van der Waals surface area contributed by atoms with Crippen LogP contribution < -0.4 is 5.32 Å². The normalized spacial score (nSPS) is 10.6. The Kier molecular flexibility index (Phi) is 4.29. The van der Waals surface area contributed by atoms with Crippen molar-refractivity contribution in [3.8, 4) is 0 Å². The van der Waals surface area contributed by atoms with Crippen molar-refractivity contribution in [3.63, 3.8) is 0 Å². The van der Waals surface area contributed by atoms with Crippen LogP contribution in [0.3, 0.4) is 0 Å². The molecule has 3 rings (SSSR count). The minimum absolute atomic E-state index is 0.0483. The Morgan fingerprint density at radius 3 is 2.84 bits per heavy atom. The van der Waals surface area contributed by atoms with Crippen molar-refractivity contribution in [2.45, 2.75) is 6.54 Å². The zero-order chi connectivity index (χ0) is 18.0. The molecule has 0 spiro atoms. The number of hydrogen-bond donors (Lipinski definition) is 2. The molecule has 0 aliphatic heterocycles. The molecule has 3 aromatic rings. The van der Waals surface area contributed by atoms with Crippen LogP contribution in [0, 0.1) is 5.82 Å². The molecule has 0 atom stereocenters. The molecule has 25 heavy (non-hydrogen) atoms. The smallest absolute Gasteiger partial charge is 0.357 e. The van der Waals surface area contributed by atoms with Crippen molar-refractivity contribution in [1.82, 2.24) is 19.6 Å². The van der Waals surface area contributed by atoms with Gasteiger partial charge in [0.25, 0.3) is 5.91 Å². The van der Waals surface area contributed by atoms with Gasteiger partial charge in [-0.25, -0.2) is 9.18 Å². The van der Waals surface area contributed by atoms with Gasteiger partial charge in [-0.05, 0) is 17.7 Å². The molecule has 0 unspecified atom stereocenters. The summed E-state index contributed by atoms with van der Waals surface area (Å²) in [5.74, 6) is -2.22. The molecule has 0 fully saturated rings. The second-order valence-corrected chi connectivity index (χ2v) is 5.38. The van der Waals surface area contributed by atoms with Crippen molar-refractivity contribution >= 4 is 17.6 Å². The SMILES string of the molecule is Cn1cc(C(=O)Nc2cnn(Cc3cccc(F)c3)c2)c(C(=O)O)n1. The fourth-order valence-corrected chi connectivity index (χ4v) is 2.35. The summed E-state index contributed by atoms with van der Waals surface area (Å²) in [7, 11) is 1.53. The number of anilines is 1. The maximum absolute atomic E-state index is 13.2. The summed E-state index contributed by atoms with van der Waals surface area (Å²) in [5, 5.41) is 19.5. The van der Waals surface area contributed by atoms with Crippen LogP contribution in [0.4, 0.5) is 10.1 Å². The number of benzene rings is 1. The number of carboxylic acid groups (broad SMARTS) is 1. The summed E-state index contributed by atoms with van der Waals surface area (Å²) in [4.78, 5) is 23.4. The monoisotopic (exact) mass is 343 g/mol. The average Bonchev–Trinajstić information content (AvgIpc) is 3.14. The van der Waals surface area contributed by atoms with Gasteiger partial charge in [0.15, 0.2) is 5.69 Å². The molecule has 8 nitrogen and oxygen atoms in total. The zero-order valence-electron chi connectivity index (χ0n) is 13.2. The average molecular weight is 343 g/mol. The standard InChI is InChI=1S/C16H14FN5O3/c1-21-9-13(14(20-21)16(24)25)15(23)19-12-6-18-22(8-12)7-10-3-2-4-11(17)5-10/h2-6,8-9H,7H2,1H3,(H,19,23)(H,24,25). The minimum Gasteiger partial charge on any atom is -0.476 e. The van der Waals surface area contributed by atoms with Crippen LogP contribution in [0.5, 0.6) is 0 Å². The van der Waals surface area contributed by atoms with Gasteiger partial charge in [0.05, 0.1) is 24.0 Å². The van der Waals surface area contributed by atoms with Gasteiger partial charge in [-0.2, -0.15) is 10.2 Å². The number of aromatic nitrogens is 4. The van der Waals surface area contributed by atoms with E-state index in [1.54, 1.807) is 18.3 Å². The molecule has 9 heteroatoms. The first-order valence-corrected chi connectivity index (χ1v) is 7.27. The Labute approximate surface area is 141 Å². The number of hydrogen-bond acceptors (Lipinski definition) is 4. The van der Waals surface area contributed by atoms with Gasteiger partial charge in [-0.1, -0.05) is 12.1 Å².